The smallest absolute Gasteiger partial charge is 0.230 e. The minimum atomic E-state index is 0.542. The number of halogens is 1. The fourth-order valence-electron chi connectivity index (χ4n) is 1.95. The highest BCUT2D eigenvalue weighted by atomic mass is 79.9. The monoisotopic (exact) mass is 306 g/mol. The highest BCUT2D eigenvalue weighted by Gasteiger charge is 2.15. The molecule has 0 unspecified atom stereocenters. The molecule has 2 heterocycles. The number of fused-ring (bicyclic) bond motifs is 1. The lowest BCUT2D eigenvalue weighted by Gasteiger charge is -1.94. The van der Waals surface area contributed by atoms with Crippen LogP contribution in [0.5, 0.6) is 0 Å². The standard InChI is InChI=1S/C12H11BrN4O/c1-6-8(5-17(2)16-6)12-15-10-4-7(13)3-9(14)11(10)18-12/h3-5H,14H2,1-2H3. The van der Waals surface area contributed by atoms with Crippen LogP contribution in [0, 0.1) is 6.92 Å². The van der Waals surface area contributed by atoms with Gasteiger partial charge in [0.25, 0.3) is 0 Å². The molecule has 0 aliphatic heterocycles. The molecule has 92 valence electrons. The third kappa shape index (κ3) is 1.69. The molecule has 2 aromatic heterocycles. The second-order valence-electron chi connectivity index (χ2n) is 4.16. The summed E-state index contributed by atoms with van der Waals surface area (Å²) in [5.74, 6) is 0.542. The van der Waals surface area contributed by atoms with Crippen molar-refractivity contribution in [3.05, 3.63) is 28.5 Å². The number of rotatable bonds is 1. The van der Waals surface area contributed by atoms with Crippen molar-refractivity contribution in [2.75, 3.05) is 5.73 Å². The lowest BCUT2D eigenvalue weighted by molar-refractivity contribution is 0.620. The summed E-state index contributed by atoms with van der Waals surface area (Å²) in [7, 11) is 1.87. The van der Waals surface area contributed by atoms with E-state index in [2.05, 4.69) is 26.0 Å². The first-order valence-electron chi connectivity index (χ1n) is 5.41. The van der Waals surface area contributed by atoms with E-state index in [4.69, 9.17) is 10.2 Å². The fraction of sp³-hybridized carbons (Fsp3) is 0.167. The van der Waals surface area contributed by atoms with Crippen LogP contribution in [0.1, 0.15) is 5.69 Å². The van der Waals surface area contributed by atoms with Crippen molar-refractivity contribution < 1.29 is 4.42 Å². The van der Waals surface area contributed by atoms with E-state index in [0.717, 1.165) is 21.2 Å². The molecule has 3 aromatic rings. The number of aryl methyl sites for hydroxylation is 2. The summed E-state index contributed by atoms with van der Waals surface area (Å²) >= 11 is 3.39. The van der Waals surface area contributed by atoms with Crippen LogP contribution in [-0.2, 0) is 7.05 Å². The van der Waals surface area contributed by atoms with Crippen LogP contribution in [0.25, 0.3) is 22.6 Å². The predicted molar refractivity (Wildman–Crippen MR) is 73.1 cm³/mol. The summed E-state index contributed by atoms with van der Waals surface area (Å²) in [5, 5.41) is 4.27. The molecule has 0 saturated carbocycles. The average molecular weight is 307 g/mol. The zero-order valence-corrected chi connectivity index (χ0v) is 11.5. The van der Waals surface area contributed by atoms with E-state index < -0.39 is 0 Å². The van der Waals surface area contributed by atoms with Crippen molar-refractivity contribution in [2.24, 2.45) is 7.05 Å². The molecule has 0 bridgehead atoms. The minimum Gasteiger partial charge on any atom is -0.434 e. The van der Waals surface area contributed by atoms with Crippen molar-refractivity contribution in [3.8, 4) is 11.5 Å². The van der Waals surface area contributed by atoms with Crippen molar-refractivity contribution >= 4 is 32.7 Å². The lowest BCUT2D eigenvalue weighted by Crippen LogP contribution is -1.86. The predicted octanol–water partition coefficient (Wildman–Crippen LogP) is 2.88. The molecule has 0 atom stereocenters. The first-order valence-corrected chi connectivity index (χ1v) is 6.20. The molecule has 0 radical (unpaired) electrons. The Bertz CT molecular complexity index is 744. The fourth-order valence-corrected chi connectivity index (χ4v) is 2.41. The molecule has 0 fully saturated rings. The van der Waals surface area contributed by atoms with Gasteiger partial charge in [0.15, 0.2) is 5.58 Å². The van der Waals surface area contributed by atoms with Gasteiger partial charge >= 0.3 is 0 Å². The number of oxazole rings is 1. The van der Waals surface area contributed by atoms with Crippen molar-refractivity contribution in [2.45, 2.75) is 6.92 Å². The Kier molecular flexibility index (Phi) is 2.41. The van der Waals surface area contributed by atoms with E-state index in [1.54, 1.807) is 10.7 Å². The third-order valence-corrected chi connectivity index (χ3v) is 3.19. The Morgan fingerprint density at radius 2 is 2.17 bits per heavy atom. The van der Waals surface area contributed by atoms with Gasteiger partial charge in [-0.2, -0.15) is 5.10 Å². The Morgan fingerprint density at radius 1 is 1.39 bits per heavy atom. The Hall–Kier alpha value is -1.82. The van der Waals surface area contributed by atoms with Gasteiger partial charge in [-0.05, 0) is 19.1 Å². The van der Waals surface area contributed by atoms with Gasteiger partial charge in [-0.1, -0.05) is 15.9 Å². The molecule has 18 heavy (non-hydrogen) atoms. The number of hydrogen-bond donors (Lipinski definition) is 1. The molecule has 5 nitrogen and oxygen atoms in total. The van der Waals surface area contributed by atoms with E-state index in [1.807, 2.05) is 26.2 Å². The number of anilines is 1. The van der Waals surface area contributed by atoms with Gasteiger partial charge in [0.1, 0.15) is 5.52 Å². The maximum atomic E-state index is 5.91. The number of aromatic nitrogens is 3. The zero-order chi connectivity index (χ0) is 12.9. The van der Waals surface area contributed by atoms with Gasteiger partial charge in [-0.25, -0.2) is 4.98 Å². The van der Waals surface area contributed by atoms with E-state index in [9.17, 15) is 0 Å². The van der Waals surface area contributed by atoms with Crippen LogP contribution in [-0.4, -0.2) is 14.8 Å². The highest BCUT2D eigenvalue weighted by Crippen LogP contribution is 2.31. The number of nitrogens with zero attached hydrogens (tertiary/aromatic N) is 3. The molecule has 2 N–H and O–H groups in total. The topological polar surface area (TPSA) is 69.9 Å². The molecule has 0 amide bonds. The van der Waals surface area contributed by atoms with Crippen molar-refractivity contribution in [3.63, 3.8) is 0 Å². The molecule has 0 saturated heterocycles. The lowest BCUT2D eigenvalue weighted by atomic mass is 10.3. The summed E-state index contributed by atoms with van der Waals surface area (Å²) in [6.45, 7) is 1.92. The van der Waals surface area contributed by atoms with E-state index in [0.29, 0.717) is 17.2 Å². The second-order valence-corrected chi connectivity index (χ2v) is 5.08. The molecule has 1 aromatic carbocycles. The summed E-state index contributed by atoms with van der Waals surface area (Å²) in [6.07, 6.45) is 1.88. The van der Waals surface area contributed by atoms with Crippen LogP contribution in [0.4, 0.5) is 5.69 Å². The van der Waals surface area contributed by atoms with E-state index in [1.165, 1.54) is 0 Å². The van der Waals surface area contributed by atoms with Crippen LogP contribution in [0.2, 0.25) is 0 Å². The molecular weight excluding hydrogens is 296 g/mol. The first kappa shape index (κ1) is 11.3. The summed E-state index contributed by atoms with van der Waals surface area (Å²) in [4.78, 5) is 4.45. The largest absolute Gasteiger partial charge is 0.434 e. The zero-order valence-electron chi connectivity index (χ0n) is 9.94. The Balaban J connectivity index is 2.25. The number of nitrogens with two attached hydrogens (primary N) is 1. The first-order chi connectivity index (χ1) is 8.54. The van der Waals surface area contributed by atoms with E-state index >= 15 is 0 Å². The molecule has 3 rings (SSSR count). The number of benzene rings is 1. The van der Waals surface area contributed by atoms with E-state index in [-0.39, 0.29) is 0 Å². The Morgan fingerprint density at radius 3 is 2.83 bits per heavy atom. The number of nitrogen functional groups attached to an aromatic ring is 1. The van der Waals surface area contributed by atoms with Gasteiger partial charge in [-0.3, -0.25) is 4.68 Å². The Labute approximate surface area is 112 Å². The minimum absolute atomic E-state index is 0.542. The van der Waals surface area contributed by atoms with Gasteiger partial charge in [0.2, 0.25) is 5.89 Å². The highest BCUT2D eigenvalue weighted by molar-refractivity contribution is 9.10. The van der Waals surface area contributed by atoms with Crippen molar-refractivity contribution in [1.82, 2.24) is 14.8 Å². The molecule has 0 aliphatic rings. The maximum Gasteiger partial charge on any atom is 0.230 e. The second kappa shape index (κ2) is 3.84. The summed E-state index contributed by atoms with van der Waals surface area (Å²) in [5.41, 5.74) is 9.58. The van der Waals surface area contributed by atoms with Gasteiger partial charge in [0, 0.05) is 17.7 Å². The van der Waals surface area contributed by atoms with Crippen molar-refractivity contribution in [1.29, 1.82) is 0 Å². The quantitative estimate of drug-likeness (QED) is 0.702. The SMILES string of the molecule is Cc1nn(C)cc1-c1nc2cc(Br)cc(N)c2o1. The summed E-state index contributed by atoms with van der Waals surface area (Å²) < 4.78 is 8.34. The molecule has 6 heteroatoms. The van der Waals surface area contributed by atoms with Gasteiger partial charge in [0.05, 0.1) is 16.9 Å². The number of hydrogen-bond acceptors (Lipinski definition) is 4. The molecule has 0 aliphatic carbocycles. The molecule has 0 spiro atoms. The van der Waals surface area contributed by atoms with Crippen LogP contribution in [0.15, 0.2) is 27.2 Å². The van der Waals surface area contributed by atoms with Gasteiger partial charge in [-0.15, -0.1) is 0 Å². The van der Waals surface area contributed by atoms with Crippen LogP contribution < -0.4 is 5.73 Å². The maximum absolute atomic E-state index is 5.91. The van der Waals surface area contributed by atoms with Crippen LogP contribution >= 0.6 is 15.9 Å². The van der Waals surface area contributed by atoms with Gasteiger partial charge < -0.3 is 10.2 Å². The summed E-state index contributed by atoms with van der Waals surface area (Å²) in [6, 6.07) is 3.68. The normalized spacial score (nSPS) is 11.3. The molecular formula is C12H11BrN4O. The average Bonchev–Trinajstić information content (AvgIpc) is 2.81. The third-order valence-electron chi connectivity index (χ3n) is 2.73. The van der Waals surface area contributed by atoms with Crippen LogP contribution in [0.3, 0.4) is 0 Å².